The van der Waals surface area contributed by atoms with Crippen molar-refractivity contribution in [1.29, 1.82) is 0 Å². The summed E-state index contributed by atoms with van der Waals surface area (Å²) in [7, 11) is 0. The van der Waals surface area contributed by atoms with Crippen LogP contribution in [-0.2, 0) is 11.0 Å². The van der Waals surface area contributed by atoms with E-state index in [9.17, 15) is 18.0 Å². The van der Waals surface area contributed by atoms with Crippen LogP contribution in [0.4, 0.5) is 18.9 Å². The molecule has 5 nitrogen and oxygen atoms in total. The number of nitrogens with one attached hydrogen (secondary N) is 2. The zero-order valence-corrected chi connectivity index (χ0v) is 13.7. The Labute approximate surface area is 144 Å². The van der Waals surface area contributed by atoms with Crippen molar-refractivity contribution in [3.05, 3.63) is 41.6 Å². The number of carbonyl (C=O) groups excluding carboxylic acids is 1. The summed E-state index contributed by atoms with van der Waals surface area (Å²) in [5.41, 5.74) is 10.8. The number of rotatable bonds is 5. The second-order valence-electron chi connectivity index (χ2n) is 6.04. The number of benzene rings is 1. The predicted octanol–water partition coefficient (Wildman–Crippen LogP) is 1.07. The minimum atomic E-state index is -4.41. The Bertz CT molecular complexity index is 659. The average molecular weight is 355 g/mol. The van der Waals surface area contributed by atoms with Gasteiger partial charge in [0.15, 0.2) is 0 Å². The lowest BCUT2D eigenvalue weighted by Crippen LogP contribution is -2.70. The van der Waals surface area contributed by atoms with Gasteiger partial charge in [0, 0.05) is 12.2 Å². The lowest BCUT2D eigenvalue weighted by molar-refractivity contribution is -0.354. The largest absolute Gasteiger partial charge is 0.416 e. The number of nitrogens with two attached hydrogens (primary N) is 2. The Morgan fingerprint density at radius 2 is 1.72 bits per heavy atom. The van der Waals surface area contributed by atoms with Crippen LogP contribution in [0.2, 0.25) is 0 Å². The molecular formula is C17H22F3N4O+. The molecule has 1 amide bonds. The van der Waals surface area contributed by atoms with Crippen LogP contribution in [-0.4, -0.2) is 17.8 Å². The molecule has 25 heavy (non-hydrogen) atoms. The number of alkyl halides is 3. The molecule has 1 fully saturated rings. The fourth-order valence-corrected chi connectivity index (χ4v) is 2.72. The first-order valence-corrected chi connectivity index (χ1v) is 8.10. The van der Waals surface area contributed by atoms with Crippen molar-refractivity contribution in [3.63, 3.8) is 0 Å². The summed E-state index contributed by atoms with van der Waals surface area (Å²) >= 11 is 0. The van der Waals surface area contributed by atoms with E-state index in [1.54, 1.807) is 0 Å². The summed E-state index contributed by atoms with van der Waals surface area (Å²) in [5, 5.41) is 3.15. The van der Waals surface area contributed by atoms with Gasteiger partial charge in [0.25, 0.3) is 11.7 Å². The van der Waals surface area contributed by atoms with Gasteiger partial charge in [0.2, 0.25) is 0 Å². The van der Waals surface area contributed by atoms with Crippen LogP contribution in [0.25, 0.3) is 0 Å². The van der Waals surface area contributed by atoms with E-state index in [-0.39, 0.29) is 17.5 Å². The smallest absolute Gasteiger partial charge is 0.387 e. The molecule has 1 saturated carbocycles. The summed E-state index contributed by atoms with van der Waals surface area (Å²) in [4.78, 5) is 14.3. The number of primary amides is 1. The van der Waals surface area contributed by atoms with Gasteiger partial charge in [-0.15, -0.1) is 0 Å². The number of hydrogen-bond donors (Lipinski definition) is 4. The first kappa shape index (κ1) is 18.8. The van der Waals surface area contributed by atoms with E-state index in [1.807, 2.05) is 0 Å². The summed E-state index contributed by atoms with van der Waals surface area (Å²) < 4.78 is 37.7. The van der Waals surface area contributed by atoms with E-state index in [0.717, 1.165) is 37.8 Å². The highest BCUT2D eigenvalue weighted by molar-refractivity contribution is 6.17. The molecule has 0 unspecified atom stereocenters. The molecule has 0 heterocycles. The van der Waals surface area contributed by atoms with Crippen LogP contribution < -0.4 is 21.8 Å². The standard InChI is InChI=1S/C17H21F3N4O/c18-17(19,20)11-6-8-13(9-7-11)24-15(21)14(16(22)25)10-23-12-4-2-1-3-5-12/h6-10,12,23H,1-5H2,(H2,21,24)(H2,22,25)/p+1/b14-10+. The van der Waals surface area contributed by atoms with Crippen molar-refractivity contribution < 1.29 is 23.0 Å². The molecule has 0 spiro atoms. The minimum Gasteiger partial charge on any atom is -0.387 e. The molecule has 0 atom stereocenters. The molecule has 2 rings (SSSR count). The van der Waals surface area contributed by atoms with Crippen LogP contribution in [0.5, 0.6) is 0 Å². The van der Waals surface area contributed by atoms with Gasteiger partial charge in [0.05, 0.1) is 5.56 Å². The Balaban J connectivity index is 2.14. The molecule has 6 N–H and O–H groups in total. The first-order chi connectivity index (χ1) is 11.8. The maximum Gasteiger partial charge on any atom is 0.416 e. The number of hydrogen-bond acceptors (Lipinski definition) is 2. The topological polar surface area (TPSA) is 95.1 Å². The van der Waals surface area contributed by atoms with Crippen molar-refractivity contribution in [2.24, 2.45) is 11.5 Å². The molecule has 0 bridgehead atoms. The Hall–Kier alpha value is -2.51. The third-order valence-corrected chi connectivity index (χ3v) is 4.12. The zero-order valence-electron chi connectivity index (χ0n) is 13.7. The number of amides is 1. The monoisotopic (exact) mass is 355 g/mol. The predicted molar refractivity (Wildman–Crippen MR) is 88.5 cm³/mol. The van der Waals surface area contributed by atoms with Gasteiger partial charge in [-0.1, -0.05) is 19.3 Å². The fourth-order valence-electron chi connectivity index (χ4n) is 2.72. The second kappa shape index (κ2) is 8.04. The van der Waals surface area contributed by atoms with E-state index >= 15 is 0 Å². The summed E-state index contributed by atoms with van der Waals surface area (Å²) in [6.07, 6.45) is 2.54. The molecule has 136 valence electrons. The molecule has 0 saturated heterocycles. The molecule has 1 aliphatic carbocycles. The number of amidine groups is 1. The quantitative estimate of drug-likeness (QED) is 0.361. The molecule has 0 aliphatic heterocycles. The highest BCUT2D eigenvalue weighted by Crippen LogP contribution is 2.29. The van der Waals surface area contributed by atoms with Crippen molar-refractivity contribution in [1.82, 2.24) is 5.32 Å². The highest BCUT2D eigenvalue weighted by atomic mass is 19.4. The summed E-state index contributed by atoms with van der Waals surface area (Å²) in [6.45, 7) is 0. The fraction of sp³-hybridized carbons (Fsp3) is 0.412. The maximum absolute atomic E-state index is 12.6. The van der Waals surface area contributed by atoms with E-state index in [0.29, 0.717) is 5.69 Å². The lowest BCUT2D eigenvalue weighted by atomic mass is 9.95. The number of carbonyl (C=O) groups is 1. The van der Waals surface area contributed by atoms with Crippen LogP contribution in [0.3, 0.4) is 0 Å². The van der Waals surface area contributed by atoms with Crippen molar-refractivity contribution in [2.75, 3.05) is 0 Å². The molecule has 0 radical (unpaired) electrons. The number of halogens is 3. The van der Waals surface area contributed by atoms with Crippen LogP contribution >= 0.6 is 0 Å². The van der Waals surface area contributed by atoms with E-state index in [2.05, 4.69) is 10.3 Å². The third kappa shape index (κ3) is 5.51. The van der Waals surface area contributed by atoms with E-state index < -0.39 is 17.6 Å². The SMILES string of the molecule is NC(=O)/C(=C/NC1CCCCC1)C(N)=[NH+]c1ccc(C(F)(F)F)cc1. The van der Waals surface area contributed by atoms with Gasteiger partial charge in [0.1, 0.15) is 11.3 Å². The Morgan fingerprint density at radius 3 is 2.24 bits per heavy atom. The maximum atomic E-state index is 12.6. The van der Waals surface area contributed by atoms with Gasteiger partial charge in [-0.2, -0.15) is 13.2 Å². The van der Waals surface area contributed by atoms with Gasteiger partial charge in [-0.25, -0.2) is 4.99 Å². The zero-order chi connectivity index (χ0) is 18.4. The van der Waals surface area contributed by atoms with Crippen LogP contribution in [0.15, 0.2) is 36.0 Å². The molecule has 8 heteroatoms. The molecule has 0 aromatic heterocycles. The Kier molecular flexibility index (Phi) is 6.06. The molecule has 1 aromatic carbocycles. The van der Waals surface area contributed by atoms with Crippen molar-refractivity contribution in [2.45, 2.75) is 44.3 Å². The van der Waals surface area contributed by atoms with Crippen LogP contribution in [0, 0.1) is 0 Å². The second-order valence-corrected chi connectivity index (χ2v) is 6.04. The molecule has 1 aliphatic rings. The van der Waals surface area contributed by atoms with Crippen LogP contribution in [0.1, 0.15) is 37.7 Å². The summed E-state index contributed by atoms with van der Waals surface area (Å²) in [5.74, 6) is -0.740. The third-order valence-electron chi connectivity index (χ3n) is 4.12. The van der Waals surface area contributed by atoms with Crippen molar-refractivity contribution in [3.8, 4) is 0 Å². The molecule has 1 aromatic rings. The van der Waals surface area contributed by atoms with Gasteiger partial charge in [-0.3, -0.25) is 10.5 Å². The minimum absolute atomic E-state index is 0.0180. The Morgan fingerprint density at radius 1 is 1.12 bits per heavy atom. The van der Waals surface area contributed by atoms with Gasteiger partial charge in [-0.05, 0) is 37.1 Å². The van der Waals surface area contributed by atoms with E-state index in [1.165, 1.54) is 24.8 Å². The summed E-state index contributed by atoms with van der Waals surface area (Å²) in [6, 6.07) is 4.61. The van der Waals surface area contributed by atoms with Gasteiger partial charge < -0.3 is 11.1 Å². The highest BCUT2D eigenvalue weighted by Gasteiger charge is 2.30. The first-order valence-electron chi connectivity index (χ1n) is 8.10. The van der Waals surface area contributed by atoms with Crippen molar-refractivity contribution >= 4 is 17.4 Å². The van der Waals surface area contributed by atoms with E-state index in [4.69, 9.17) is 11.5 Å². The average Bonchev–Trinajstić information content (AvgIpc) is 2.55. The van der Waals surface area contributed by atoms with Gasteiger partial charge >= 0.3 is 6.18 Å². The molecular weight excluding hydrogens is 333 g/mol. The lowest BCUT2D eigenvalue weighted by Gasteiger charge is -2.21. The normalized spacial score (nSPS) is 17.4.